The minimum atomic E-state index is -0.550. The van der Waals surface area contributed by atoms with Crippen molar-refractivity contribution < 1.29 is 9.53 Å². The first-order valence-electron chi connectivity index (χ1n) is 7.70. The maximum Gasteiger partial charge on any atom is 0.408 e. The molecule has 0 fully saturated rings. The fourth-order valence-corrected chi connectivity index (χ4v) is 2.68. The molecule has 0 spiro atoms. The van der Waals surface area contributed by atoms with Gasteiger partial charge in [0.2, 0.25) is 0 Å². The minimum Gasteiger partial charge on any atom is -0.444 e. The standard InChI is InChI=1S/C18H22BrN3O2/c1-5-8-14(22-17(23)24-18(2,3)4)16-20-11-15(21-16)12-9-6-7-10-13(12)19/h5-7,9-11,14H,1,8H2,2-4H3,(H,20,21)(H,22,23)/t14-/m0/s1. The van der Waals surface area contributed by atoms with Crippen LogP contribution in [-0.2, 0) is 4.74 Å². The summed E-state index contributed by atoms with van der Waals surface area (Å²) in [6.45, 7) is 9.22. The lowest BCUT2D eigenvalue weighted by molar-refractivity contribution is 0.0502. The number of nitrogens with zero attached hydrogens (tertiary/aromatic N) is 1. The van der Waals surface area contributed by atoms with Gasteiger partial charge in [-0.25, -0.2) is 9.78 Å². The first-order valence-corrected chi connectivity index (χ1v) is 8.49. The zero-order valence-electron chi connectivity index (χ0n) is 14.1. The summed E-state index contributed by atoms with van der Waals surface area (Å²) >= 11 is 3.53. The van der Waals surface area contributed by atoms with Crippen LogP contribution in [0.25, 0.3) is 11.3 Å². The molecule has 5 nitrogen and oxygen atoms in total. The van der Waals surface area contributed by atoms with Gasteiger partial charge in [0.1, 0.15) is 11.4 Å². The van der Waals surface area contributed by atoms with Gasteiger partial charge in [0.25, 0.3) is 0 Å². The van der Waals surface area contributed by atoms with Crippen molar-refractivity contribution in [2.75, 3.05) is 0 Å². The summed E-state index contributed by atoms with van der Waals surface area (Å²) in [7, 11) is 0. The number of carbonyl (C=O) groups excluding carboxylic acids is 1. The Kier molecular flexibility index (Phi) is 5.83. The number of benzene rings is 1. The molecule has 1 amide bonds. The highest BCUT2D eigenvalue weighted by Crippen LogP contribution is 2.27. The third-order valence-corrected chi connectivity index (χ3v) is 3.87. The molecule has 0 saturated heterocycles. The summed E-state index contributed by atoms with van der Waals surface area (Å²) in [6.07, 6.45) is 3.56. The number of halogens is 1. The van der Waals surface area contributed by atoms with Crippen LogP contribution in [0.1, 0.15) is 39.1 Å². The van der Waals surface area contributed by atoms with E-state index in [0.717, 1.165) is 15.7 Å². The maximum atomic E-state index is 12.0. The normalized spacial score (nSPS) is 12.5. The van der Waals surface area contributed by atoms with Crippen LogP contribution >= 0.6 is 15.9 Å². The number of hydrogen-bond donors (Lipinski definition) is 2. The average molecular weight is 392 g/mol. The molecule has 1 aromatic carbocycles. The summed E-state index contributed by atoms with van der Waals surface area (Å²) in [4.78, 5) is 19.7. The van der Waals surface area contributed by atoms with Crippen molar-refractivity contribution in [1.82, 2.24) is 15.3 Å². The Morgan fingerprint density at radius 3 is 2.79 bits per heavy atom. The number of alkyl carbamates (subject to hydrolysis) is 1. The summed E-state index contributed by atoms with van der Waals surface area (Å²) in [5.74, 6) is 0.659. The number of ether oxygens (including phenoxy) is 1. The first-order chi connectivity index (χ1) is 11.3. The molecule has 0 bridgehead atoms. The molecule has 0 saturated carbocycles. The number of rotatable bonds is 5. The molecule has 0 aliphatic heterocycles. The van der Waals surface area contributed by atoms with E-state index in [1.54, 1.807) is 12.3 Å². The Labute approximate surface area is 150 Å². The van der Waals surface area contributed by atoms with Gasteiger partial charge in [-0.2, -0.15) is 0 Å². The van der Waals surface area contributed by atoms with Crippen LogP contribution in [0.2, 0.25) is 0 Å². The monoisotopic (exact) mass is 391 g/mol. The fourth-order valence-electron chi connectivity index (χ4n) is 2.19. The zero-order valence-corrected chi connectivity index (χ0v) is 15.7. The highest BCUT2D eigenvalue weighted by molar-refractivity contribution is 9.10. The number of aromatic amines is 1. The molecule has 0 aliphatic rings. The van der Waals surface area contributed by atoms with Crippen LogP contribution in [0.15, 0.2) is 47.6 Å². The van der Waals surface area contributed by atoms with Crippen molar-refractivity contribution in [2.24, 2.45) is 0 Å². The SMILES string of the molecule is C=CC[C@H](NC(=O)OC(C)(C)C)c1ncc(-c2ccccc2Br)[nH]1. The first kappa shape index (κ1) is 18.3. The van der Waals surface area contributed by atoms with E-state index in [1.807, 2.05) is 45.0 Å². The Morgan fingerprint density at radius 1 is 1.46 bits per heavy atom. The Morgan fingerprint density at radius 2 is 2.17 bits per heavy atom. The van der Waals surface area contributed by atoms with Gasteiger partial charge in [-0.3, -0.25) is 0 Å². The fraction of sp³-hybridized carbons (Fsp3) is 0.333. The highest BCUT2D eigenvalue weighted by atomic mass is 79.9. The van der Waals surface area contributed by atoms with E-state index in [9.17, 15) is 4.79 Å². The number of hydrogen-bond acceptors (Lipinski definition) is 3. The van der Waals surface area contributed by atoms with E-state index in [2.05, 4.69) is 37.8 Å². The molecule has 0 unspecified atom stereocenters. The third kappa shape index (κ3) is 4.96. The second-order valence-corrected chi connectivity index (χ2v) is 7.24. The second kappa shape index (κ2) is 7.66. The molecule has 1 aromatic heterocycles. The predicted octanol–water partition coefficient (Wildman–Crippen LogP) is 4.98. The molecule has 2 rings (SSSR count). The van der Waals surface area contributed by atoms with E-state index in [4.69, 9.17) is 4.74 Å². The Hall–Kier alpha value is -2.08. The van der Waals surface area contributed by atoms with Crippen LogP contribution in [-0.4, -0.2) is 21.7 Å². The molecule has 1 heterocycles. The van der Waals surface area contributed by atoms with Crippen LogP contribution in [0, 0.1) is 0 Å². The number of aromatic nitrogens is 2. The summed E-state index contributed by atoms with van der Waals surface area (Å²) in [6, 6.07) is 7.55. The number of H-pyrrole nitrogens is 1. The lowest BCUT2D eigenvalue weighted by Gasteiger charge is -2.22. The van der Waals surface area contributed by atoms with Crippen molar-refractivity contribution in [3.05, 3.63) is 53.4 Å². The number of amides is 1. The summed E-state index contributed by atoms with van der Waals surface area (Å²) < 4.78 is 6.29. The van der Waals surface area contributed by atoms with Gasteiger partial charge >= 0.3 is 6.09 Å². The van der Waals surface area contributed by atoms with Crippen molar-refractivity contribution in [3.8, 4) is 11.3 Å². The van der Waals surface area contributed by atoms with Crippen LogP contribution < -0.4 is 5.32 Å². The largest absolute Gasteiger partial charge is 0.444 e. The van der Waals surface area contributed by atoms with Crippen molar-refractivity contribution in [3.63, 3.8) is 0 Å². The molecular formula is C18H22BrN3O2. The van der Waals surface area contributed by atoms with Crippen molar-refractivity contribution in [2.45, 2.75) is 38.8 Å². The van der Waals surface area contributed by atoms with Crippen LogP contribution in [0.5, 0.6) is 0 Å². The molecule has 24 heavy (non-hydrogen) atoms. The van der Waals surface area contributed by atoms with Crippen LogP contribution in [0.4, 0.5) is 4.79 Å². The molecule has 128 valence electrons. The Bertz CT molecular complexity index is 719. The number of nitrogens with one attached hydrogen (secondary N) is 2. The molecule has 0 aliphatic carbocycles. The molecule has 0 radical (unpaired) electrons. The topological polar surface area (TPSA) is 67.0 Å². The number of carbonyl (C=O) groups is 1. The quantitative estimate of drug-likeness (QED) is 0.706. The average Bonchev–Trinajstić information content (AvgIpc) is 2.95. The molecule has 2 aromatic rings. The van der Waals surface area contributed by atoms with Gasteiger partial charge < -0.3 is 15.0 Å². The highest BCUT2D eigenvalue weighted by Gasteiger charge is 2.22. The molecule has 6 heteroatoms. The van der Waals surface area contributed by atoms with Gasteiger partial charge in [0.15, 0.2) is 0 Å². The number of imidazole rings is 1. The molecular weight excluding hydrogens is 370 g/mol. The van der Waals surface area contributed by atoms with E-state index >= 15 is 0 Å². The van der Waals surface area contributed by atoms with E-state index < -0.39 is 11.7 Å². The lowest BCUT2D eigenvalue weighted by Crippen LogP contribution is -2.35. The van der Waals surface area contributed by atoms with E-state index in [0.29, 0.717) is 12.2 Å². The lowest BCUT2D eigenvalue weighted by atomic mass is 10.2. The van der Waals surface area contributed by atoms with Gasteiger partial charge in [-0.15, -0.1) is 6.58 Å². The second-order valence-electron chi connectivity index (χ2n) is 6.39. The zero-order chi connectivity index (χ0) is 17.7. The van der Waals surface area contributed by atoms with Crippen molar-refractivity contribution in [1.29, 1.82) is 0 Å². The Balaban J connectivity index is 2.19. The summed E-state index contributed by atoms with van der Waals surface area (Å²) in [5, 5.41) is 2.83. The van der Waals surface area contributed by atoms with Crippen molar-refractivity contribution >= 4 is 22.0 Å². The smallest absolute Gasteiger partial charge is 0.408 e. The predicted molar refractivity (Wildman–Crippen MR) is 98.6 cm³/mol. The maximum absolute atomic E-state index is 12.0. The molecule has 2 N–H and O–H groups in total. The molecule has 1 atom stereocenters. The minimum absolute atomic E-state index is 0.325. The van der Waals surface area contributed by atoms with E-state index in [1.165, 1.54) is 0 Å². The van der Waals surface area contributed by atoms with Gasteiger partial charge in [0, 0.05) is 10.0 Å². The van der Waals surface area contributed by atoms with Gasteiger partial charge in [-0.05, 0) is 33.3 Å². The van der Waals surface area contributed by atoms with Crippen LogP contribution in [0.3, 0.4) is 0 Å². The van der Waals surface area contributed by atoms with E-state index in [-0.39, 0.29) is 6.04 Å². The van der Waals surface area contributed by atoms with Gasteiger partial charge in [-0.1, -0.05) is 40.2 Å². The summed E-state index contributed by atoms with van der Waals surface area (Å²) in [5.41, 5.74) is 1.33. The third-order valence-electron chi connectivity index (χ3n) is 3.18. The van der Waals surface area contributed by atoms with Gasteiger partial charge in [0.05, 0.1) is 17.9 Å².